The Labute approximate surface area is 122 Å². The lowest BCUT2D eigenvalue weighted by Crippen LogP contribution is -2.30. The Kier molecular flexibility index (Phi) is 3.20. The van der Waals surface area contributed by atoms with E-state index in [4.69, 9.17) is 5.73 Å². The van der Waals surface area contributed by atoms with Gasteiger partial charge in [0.2, 0.25) is 0 Å². The molecule has 1 saturated carbocycles. The Hall–Kier alpha value is -2.29. The van der Waals surface area contributed by atoms with Gasteiger partial charge < -0.3 is 5.73 Å². The molecule has 21 heavy (non-hydrogen) atoms. The van der Waals surface area contributed by atoms with Gasteiger partial charge in [-0.3, -0.25) is 9.36 Å². The lowest BCUT2D eigenvalue weighted by molar-refractivity contribution is 0.350. The molecule has 1 aliphatic rings. The summed E-state index contributed by atoms with van der Waals surface area (Å²) in [4.78, 5) is 12.8. The molecular weight excluding hydrogens is 266 g/mol. The Bertz CT molecular complexity index is 802. The molecule has 0 aliphatic heterocycles. The van der Waals surface area contributed by atoms with Gasteiger partial charge >= 0.3 is 0 Å². The van der Waals surface area contributed by atoms with Crippen molar-refractivity contribution in [2.75, 3.05) is 5.73 Å². The lowest BCUT2D eigenvalue weighted by atomic mass is 9.94. The molecule has 2 aromatic rings. The van der Waals surface area contributed by atoms with Gasteiger partial charge in [0, 0.05) is 13.1 Å². The first-order chi connectivity index (χ1) is 10.1. The minimum absolute atomic E-state index is 0.135. The fourth-order valence-electron chi connectivity index (χ4n) is 3.48. The zero-order chi connectivity index (χ0) is 15.1. The molecule has 3 rings (SSSR count). The highest BCUT2D eigenvalue weighted by Crippen LogP contribution is 2.32. The summed E-state index contributed by atoms with van der Waals surface area (Å²) in [6.45, 7) is 1.77. The van der Waals surface area contributed by atoms with E-state index >= 15 is 0 Å². The monoisotopic (exact) mass is 285 g/mol. The summed E-state index contributed by atoms with van der Waals surface area (Å²) in [6, 6.07) is 2.18. The molecule has 1 fully saturated rings. The number of pyridine rings is 1. The van der Waals surface area contributed by atoms with Gasteiger partial charge in [0.05, 0.1) is 5.39 Å². The quantitative estimate of drug-likeness (QED) is 0.867. The van der Waals surface area contributed by atoms with E-state index in [2.05, 4.69) is 5.10 Å². The summed E-state index contributed by atoms with van der Waals surface area (Å²) in [5, 5.41) is 14.3. The Morgan fingerprint density at radius 1 is 1.33 bits per heavy atom. The highest BCUT2D eigenvalue weighted by atomic mass is 16.1. The number of nitrogens with two attached hydrogens (primary N) is 1. The van der Waals surface area contributed by atoms with Crippen LogP contribution in [0.2, 0.25) is 0 Å². The Balaban J connectivity index is 2.42. The van der Waals surface area contributed by atoms with Crippen LogP contribution in [0.25, 0.3) is 11.0 Å². The van der Waals surface area contributed by atoms with Crippen molar-refractivity contribution < 1.29 is 0 Å². The van der Waals surface area contributed by atoms with Crippen LogP contribution in [-0.4, -0.2) is 14.3 Å². The summed E-state index contributed by atoms with van der Waals surface area (Å²) in [6.07, 6.45) is 5.37. The van der Waals surface area contributed by atoms with Gasteiger partial charge in [0.1, 0.15) is 17.3 Å². The molecule has 1 aliphatic carbocycles. The molecule has 0 aromatic carbocycles. The SMILES string of the molecule is Cc1c(C#N)c(=O)n(C2CCCCC2)c2c1c(N)nn2C. The van der Waals surface area contributed by atoms with E-state index in [0.717, 1.165) is 36.7 Å². The van der Waals surface area contributed by atoms with Gasteiger partial charge in [-0.05, 0) is 25.3 Å². The fraction of sp³-hybridized carbons (Fsp3) is 0.533. The third-order valence-electron chi connectivity index (χ3n) is 4.51. The van der Waals surface area contributed by atoms with E-state index < -0.39 is 0 Å². The molecule has 0 amide bonds. The fourth-order valence-corrected chi connectivity index (χ4v) is 3.48. The minimum Gasteiger partial charge on any atom is -0.382 e. The molecule has 2 aromatic heterocycles. The molecule has 2 N–H and O–H groups in total. The summed E-state index contributed by atoms with van der Waals surface area (Å²) in [7, 11) is 1.79. The summed E-state index contributed by atoms with van der Waals surface area (Å²) in [5.41, 5.74) is 7.34. The van der Waals surface area contributed by atoms with E-state index in [-0.39, 0.29) is 17.2 Å². The van der Waals surface area contributed by atoms with E-state index in [0.29, 0.717) is 11.4 Å². The topological polar surface area (TPSA) is 89.6 Å². The summed E-state index contributed by atoms with van der Waals surface area (Å²) in [5.74, 6) is 0.381. The Morgan fingerprint density at radius 2 is 2.00 bits per heavy atom. The molecule has 0 atom stereocenters. The minimum atomic E-state index is -0.211. The van der Waals surface area contributed by atoms with Gasteiger partial charge in [0.25, 0.3) is 5.56 Å². The van der Waals surface area contributed by atoms with Gasteiger partial charge in [-0.1, -0.05) is 19.3 Å². The molecule has 0 spiro atoms. The van der Waals surface area contributed by atoms with Crippen molar-refractivity contribution in [3.8, 4) is 6.07 Å². The van der Waals surface area contributed by atoms with Crippen LogP contribution in [0.1, 0.15) is 49.3 Å². The van der Waals surface area contributed by atoms with Crippen molar-refractivity contribution >= 4 is 16.9 Å². The third kappa shape index (κ3) is 1.92. The molecular formula is C15H19N5O. The summed E-state index contributed by atoms with van der Waals surface area (Å²) >= 11 is 0. The average molecular weight is 285 g/mol. The Morgan fingerprint density at radius 3 is 2.62 bits per heavy atom. The van der Waals surface area contributed by atoms with Crippen molar-refractivity contribution in [3.05, 3.63) is 21.5 Å². The predicted octanol–water partition coefficient (Wildman–Crippen LogP) is 2.00. The molecule has 6 nitrogen and oxygen atoms in total. The molecule has 110 valence electrons. The lowest BCUT2D eigenvalue weighted by Gasteiger charge is -2.25. The zero-order valence-electron chi connectivity index (χ0n) is 12.4. The number of aromatic nitrogens is 3. The second kappa shape index (κ2) is 4.92. The number of anilines is 1. The maximum atomic E-state index is 12.8. The maximum Gasteiger partial charge on any atom is 0.270 e. The molecule has 0 saturated heterocycles. The molecule has 0 bridgehead atoms. The first-order valence-electron chi connectivity index (χ1n) is 7.33. The van der Waals surface area contributed by atoms with Crippen molar-refractivity contribution in [1.82, 2.24) is 14.3 Å². The van der Waals surface area contributed by atoms with Crippen LogP contribution in [0.3, 0.4) is 0 Å². The second-order valence-electron chi connectivity index (χ2n) is 5.79. The predicted molar refractivity (Wildman–Crippen MR) is 81.0 cm³/mol. The standard InChI is InChI=1S/C15H19N5O/c1-9-11(8-16)15(21)20(10-6-4-3-5-7-10)14-12(9)13(17)18-19(14)2/h10H,3-7H2,1-2H3,(H2,17,18). The van der Waals surface area contributed by atoms with Crippen molar-refractivity contribution in [1.29, 1.82) is 5.26 Å². The highest BCUT2D eigenvalue weighted by Gasteiger charge is 2.25. The van der Waals surface area contributed by atoms with Gasteiger partial charge in [-0.2, -0.15) is 10.4 Å². The number of nitrogens with zero attached hydrogens (tertiary/aromatic N) is 4. The molecule has 6 heteroatoms. The number of hydrogen-bond acceptors (Lipinski definition) is 4. The first kappa shape index (κ1) is 13.7. The number of nitriles is 1. The van der Waals surface area contributed by atoms with Crippen molar-refractivity contribution in [2.45, 2.75) is 45.1 Å². The highest BCUT2D eigenvalue weighted by molar-refractivity contribution is 5.91. The average Bonchev–Trinajstić information content (AvgIpc) is 2.76. The molecule has 0 unspecified atom stereocenters. The van der Waals surface area contributed by atoms with Crippen LogP contribution in [0, 0.1) is 18.3 Å². The number of aryl methyl sites for hydroxylation is 2. The zero-order valence-corrected chi connectivity index (χ0v) is 12.4. The molecule has 2 heterocycles. The summed E-state index contributed by atoms with van der Waals surface area (Å²) < 4.78 is 3.41. The van der Waals surface area contributed by atoms with Gasteiger partial charge in [-0.25, -0.2) is 4.68 Å². The van der Waals surface area contributed by atoms with Gasteiger partial charge in [-0.15, -0.1) is 0 Å². The smallest absolute Gasteiger partial charge is 0.270 e. The van der Waals surface area contributed by atoms with Crippen LogP contribution in [0.4, 0.5) is 5.82 Å². The van der Waals surface area contributed by atoms with Crippen LogP contribution < -0.4 is 11.3 Å². The van der Waals surface area contributed by atoms with E-state index in [1.54, 1.807) is 23.2 Å². The maximum absolute atomic E-state index is 12.8. The van der Waals surface area contributed by atoms with Gasteiger partial charge in [0.15, 0.2) is 5.82 Å². The number of fused-ring (bicyclic) bond motifs is 1. The van der Waals surface area contributed by atoms with E-state index in [1.807, 2.05) is 6.07 Å². The number of hydrogen-bond donors (Lipinski definition) is 1. The molecule has 0 radical (unpaired) electrons. The van der Waals surface area contributed by atoms with Crippen LogP contribution in [0.5, 0.6) is 0 Å². The van der Waals surface area contributed by atoms with Crippen LogP contribution in [-0.2, 0) is 7.05 Å². The van der Waals surface area contributed by atoms with Crippen molar-refractivity contribution in [3.63, 3.8) is 0 Å². The second-order valence-corrected chi connectivity index (χ2v) is 5.79. The largest absolute Gasteiger partial charge is 0.382 e. The van der Waals surface area contributed by atoms with E-state index in [9.17, 15) is 10.1 Å². The third-order valence-corrected chi connectivity index (χ3v) is 4.51. The normalized spacial score (nSPS) is 16.2. The number of nitrogen functional groups attached to an aromatic ring is 1. The first-order valence-corrected chi connectivity index (χ1v) is 7.33. The van der Waals surface area contributed by atoms with Crippen LogP contribution >= 0.6 is 0 Å². The number of rotatable bonds is 1. The van der Waals surface area contributed by atoms with Crippen LogP contribution in [0.15, 0.2) is 4.79 Å². The van der Waals surface area contributed by atoms with Crippen molar-refractivity contribution in [2.24, 2.45) is 7.05 Å². The van der Waals surface area contributed by atoms with E-state index in [1.165, 1.54) is 6.42 Å².